The second-order valence-corrected chi connectivity index (χ2v) is 20.9. The minimum absolute atomic E-state index is 0.0832. The van der Waals surface area contributed by atoms with Crippen molar-refractivity contribution in [1.82, 2.24) is 29.7 Å². The Morgan fingerprint density at radius 1 is 0.902 bits per heavy atom. The molecule has 6 aromatic rings. The molecule has 2 amide bonds. The van der Waals surface area contributed by atoms with Crippen molar-refractivity contribution in [3.05, 3.63) is 114 Å². The lowest BCUT2D eigenvalue weighted by atomic mass is 9.92. The van der Waals surface area contributed by atoms with Crippen LogP contribution in [0.4, 0.5) is 15.0 Å². The Hall–Kier alpha value is -4.94. The van der Waals surface area contributed by atoms with Crippen LogP contribution in [0.15, 0.2) is 107 Å². The van der Waals surface area contributed by atoms with Crippen LogP contribution < -0.4 is 15.1 Å². The van der Waals surface area contributed by atoms with Gasteiger partial charge in [0, 0.05) is 34.0 Å². The average Bonchev–Trinajstić information content (AvgIpc) is 3.69. The number of nitrogens with zero attached hydrogens (tertiary/aromatic N) is 5. The second-order valence-electron chi connectivity index (χ2n) is 15.0. The van der Waals surface area contributed by atoms with Gasteiger partial charge in [-0.05, 0) is 78.3 Å². The molecule has 0 aliphatic heterocycles. The number of carbonyl (C=O) groups excluding carboxylic acids is 1. The fraction of sp³-hybridized carbons (Fsp3) is 0.282. The molecule has 0 atom stereocenters. The van der Waals surface area contributed by atoms with Gasteiger partial charge in [0.25, 0.3) is 0 Å². The van der Waals surface area contributed by atoms with Crippen LogP contribution in [0.3, 0.4) is 0 Å². The number of pyridine rings is 1. The van der Waals surface area contributed by atoms with Gasteiger partial charge in [0.05, 0.1) is 16.9 Å². The first-order chi connectivity index (χ1) is 24.1. The number of halogens is 1. The molecule has 0 spiro atoms. The molecule has 0 saturated carbocycles. The van der Waals surface area contributed by atoms with E-state index in [1.165, 1.54) is 6.07 Å². The molecule has 9 nitrogen and oxygen atoms in total. The summed E-state index contributed by atoms with van der Waals surface area (Å²) >= 11 is 1.54. The smallest absolute Gasteiger partial charge is 0.320 e. The molecule has 3 heterocycles. The van der Waals surface area contributed by atoms with E-state index in [4.69, 9.17) is 9.52 Å². The van der Waals surface area contributed by atoms with Crippen molar-refractivity contribution < 1.29 is 13.6 Å². The van der Waals surface area contributed by atoms with Crippen molar-refractivity contribution in [2.75, 3.05) is 5.32 Å². The van der Waals surface area contributed by atoms with Crippen LogP contribution in [0, 0.1) is 5.82 Å². The number of rotatable bonds is 9. The highest BCUT2D eigenvalue weighted by molar-refractivity contribution is 7.99. The number of nitrogens with one attached hydrogen (secondary N) is 2. The Morgan fingerprint density at radius 3 is 2.31 bits per heavy atom. The Morgan fingerprint density at radius 2 is 1.61 bits per heavy atom. The lowest BCUT2D eigenvalue weighted by Crippen LogP contribution is -2.43. The summed E-state index contributed by atoms with van der Waals surface area (Å²) < 4.78 is 24.6. The highest BCUT2D eigenvalue weighted by Gasteiger charge is 2.39. The van der Waals surface area contributed by atoms with E-state index in [2.05, 4.69) is 75.5 Å². The van der Waals surface area contributed by atoms with Crippen molar-refractivity contribution in [3.8, 4) is 22.8 Å². The summed E-state index contributed by atoms with van der Waals surface area (Å²) in [4.78, 5) is 15.3. The maximum Gasteiger partial charge on any atom is 0.320 e. The fourth-order valence-electron chi connectivity index (χ4n) is 5.11. The number of urea groups is 1. The van der Waals surface area contributed by atoms with Crippen LogP contribution >= 0.6 is 11.8 Å². The molecule has 0 unspecified atom stereocenters. The molecule has 3 aromatic carbocycles. The summed E-state index contributed by atoms with van der Waals surface area (Å²) in [6.07, 6.45) is 1.90. The van der Waals surface area contributed by atoms with Gasteiger partial charge in [0.15, 0.2) is 11.5 Å². The third-order valence-corrected chi connectivity index (χ3v) is 14.6. The zero-order chi connectivity index (χ0) is 36.6. The van der Waals surface area contributed by atoms with Crippen LogP contribution in [0.5, 0.6) is 5.75 Å². The van der Waals surface area contributed by atoms with E-state index in [1.807, 2.05) is 72.9 Å². The van der Waals surface area contributed by atoms with E-state index in [0.29, 0.717) is 29.4 Å². The molecule has 2 N–H and O–H groups in total. The largest absolute Gasteiger partial charge is 0.544 e. The Bertz CT molecular complexity index is 2180. The quantitative estimate of drug-likeness (QED) is 0.144. The molecule has 6 rings (SSSR count). The molecule has 0 radical (unpaired) electrons. The zero-order valence-electron chi connectivity index (χ0n) is 30.3. The maximum atomic E-state index is 14.6. The summed E-state index contributed by atoms with van der Waals surface area (Å²) in [5, 5.41) is 19.5. The molecule has 0 saturated heterocycles. The minimum Gasteiger partial charge on any atom is -0.544 e. The molecule has 51 heavy (non-hydrogen) atoms. The van der Waals surface area contributed by atoms with E-state index in [0.717, 1.165) is 32.5 Å². The predicted octanol–water partition coefficient (Wildman–Crippen LogP) is 9.88. The van der Waals surface area contributed by atoms with Crippen molar-refractivity contribution in [3.63, 3.8) is 0 Å². The Balaban J connectivity index is 1.17. The fourth-order valence-corrected chi connectivity index (χ4v) is 7.10. The summed E-state index contributed by atoms with van der Waals surface area (Å²) in [7, 11) is -1.99. The first-order valence-electron chi connectivity index (χ1n) is 16.9. The normalized spacial score (nSPS) is 12.3. The number of aromatic nitrogens is 5. The van der Waals surface area contributed by atoms with Gasteiger partial charge in [-0.2, -0.15) is 5.10 Å². The highest BCUT2D eigenvalue weighted by atomic mass is 32.2. The standard InChI is InChI=1S/C39H44FN7O2SSi/c1-38(2,3)33-23-35(47(45-33)27-17-19-28(20-18-27)49-51(7,8)39(4,5)6)42-37(48)41-24-26-13-9-12-16-32(26)50-29-21-22-34-43-44-36(46(34)25-29)30-14-10-11-15-31(30)40/h9-23,25H,24H2,1-8H3,(H2,41,42,48). The van der Waals surface area contributed by atoms with Gasteiger partial charge in [-0.1, -0.05) is 83.6 Å². The lowest BCUT2D eigenvalue weighted by Gasteiger charge is -2.36. The predicted molar refractivity (Wildman–Crippen MR) is 205 cm³/mol. The summed E-state index contributed by atoms with van der Waals surface area (Å²) in [6.45, 7) is 17.7. The summed E-state index contributed by atoms with van der Waals surface area (Å²) in [6, 6.07) is 27.7. The highest BCUT2D eigenvalue weighted by Crippen LogP contribution is 2.38. The number of anilines is 1. The van der Waals surface area contributed by atoms with E-state index >= 15 is 0 Å². The van der Waals surface area contributed by atoms with Crippen LogP contribution in [0.2, 0.25) is 18.1 Å². The van der Waals surface area contributed by atoms with Crippen LogP contribution in [0.25, 0.3) is 22.7 Å². The van der Waals surface area contributed by atoms with Gasteiger partial charge >= 0.3 is 6.03 Å². The van der Waals surface area contributed by atoms with Gasteiger partial charge < -0.3 is 9.74 Å². The molecule has 0 fully saturated rings. The number of hydrogen-bond donors (Lipinski definition) is 2. The molecular formula is C39H44FN7O2SSi. The maximum absolute atomic E-state index is 14.6. The van der Waals surface area contributed by atoms with E-state index < -0.39 is 8.32 Å². The van der Waals surface area contributed by atoms with Crippen molar-refractivity contribution >= 4 is 37.6 Å². The van der Waals surface area contributed by atoms with Gasteiger partial charge in [-0.3, -0.25) is 9.72 Å². The molecule has 264 valence electrons. The Labute approximate surface area is 303 Å². The van der Waals surface area contributed by atoms with E-state index in [1.54, 1.807) is 39.0 Å². The number of amides is 2. The monoisotopic (exact) mass is 721 g/mol. The first-order valence-corrected chi connectivity index (χ1v) is 20.6. The number of carbonyl (C=O) groups is 1. The number of benzene rings is 3. The zero-order valence-corrected chi connectivity index (χ0v) is 32.1. The van der Waals surface area contributed by atoms with Crippen molar-refractivity contribution in [1.29, 1.82) is 0 Å². The summed E-state index contributed by atoms with van der Waals surface area (Å²) in [5.41, 5.74) is 3.38. The molecule has 0 aliphatic carbocycles. The molecule has 0 aliphatic rings. The molecule has 3 aromatic heterocycles. The third-order valence-electron chi connectivity index (χ3n) is 9.11. The van der Waals surface area contributed by atoms with Crippen LogP contribution in [-0.4, -0.2) is 38.7 Å². The van der Waals surface area contributed by atoms with Crippen molar-refractivity contribution in [2.45, 2.75) is 81.4 Å². The van der Waals surface area contributed by atoms with E-state index in [9.17, 15) is 9.18 Å². The molecule has 12 heteroatoms. The first kappa shape index (κ1) is 35.9. The lowest BCUT2D eigenvalue weighted by molar-refractivity contribution is 0.251. The SMILES string of the molecule is CC(C)(C)c1cc(NC(=O)NCc2ccccc2Sc2ccc3nnc(-c4ccccc4F)n3c2)n(-c2ccc(O[Si](C)(C)C(C)(C)C)cc2)n1. The van der Waals surface area contributed by atoms with Gasteiger partial charge in [0.2, 0.25) is 8.32 Å². The average molecular weight is 722 g/mol. The minimum atomic E-state index is -1.99. The van der Waals surface area contributed by atoms with Gasteiger partial charge in [-0.15, -0.1) is 10.2 Å². The molecule has 0 bridgehead atoms. The number of hydrogen-bond acceptors (Lipinski definition) is 6. The van der Waals surface area contributed by atoms with Crippen molar-refractivity contribution in [2.24, 2.45) is 0 Å². The third kappa shape index (κ3) is 8.02. The van der Waals surface area contributed by atoms with Crippen LogP contribution in [-0.2, 0) is 12.0 Å². The topological polar surface area (TPSA) is 98.4 Å². The van der Waals surface area contributed by atoms with E-state index in [-0.39, 0.29) is 22.3 Å². The van der Waals surface area contributed by atoms with Gasteiger partial charge in [-0.25, -0.2) is 13.9 Å². The number of fused-ring (bicyclic) bond motifs is 1. The second kappa shape index (κ2) is 14.0. The summed E-state index contributed by atoms with van der Waals surface area (Å²) in [5.74, 6) is 1.46. The van der Waals surface area contributed by atoms with Crippen LogP contribution in [0.1, 0.15) is 52.8 Å². The van der Waals surface area contributed by atoms with Gasteiger partial charge in [0.1, 0.15) is 17.4 Å². The molecular weight excluding hydrogens is 678 g/mol. The Kier molecular flexibility index (Phi) is 9.84.